The van der Waals surface area contributed by atoms with Gasteiger partial charge in [0.1, 0.15) is 23.4 Å². The molecule has 0 aliphatic carbocycles. The third-order valence-corrected chi connectivity index (χ3v) is 5.29. The van der Waals surface area contributed by atoms with E-state index in [0.717, 1.165) is 5.58 Å². The van der Waals surface area contributed by atoms with Gasteiger partial charge in [-0.1, -0.05) is 26.0 Å². The van der Waals surface area contributed by atoms with Crippen LogP contribution in [0.4, 0.5) is 0 Å². The molecule has 3 rings (SSSR count). The van der Waals surface area contributed by atoms with Gasteiger partial charge in [-0.15, -0.1) is 0 Å². The van der Waals surface area contributed by atoms with Gasteiger partial charge in [-0.25, -0.2) is 0 Å². The molecule has 1 saturated heterocycles. The minimum Gasteiger partial charge on any atom is -0.459 e. The average molecular weight is 235 g/mol. The average Bonchev–Trinajstić information content (AvgIpc) is 3.00. The predicted octanol–water partition coefficient (Wildman–Crippen LogP) is 4.23. The van der Waals surface area contributed by atoms with E-state index in [1.165, 1.54) is 34.6 Å². The highest BCUT2D eigenvalue weighted by Crippen LogP contribution is 2.30. The van der Waals surface area contributed by atoms with Crippen molar-refractivity contribution in [2.75, 3.05) is 11.5 Å². The zero-order chi connectivity index (χ0) is 11.4. The second-order valence-electron chi connectivity index (χ2n) is 3.70. The topological polar surface area (TPSA) is 13.1 Å². The van der Waals surface area contributed by atoms with E-state index in [4.69, 9.17) is 4.42 Å². The molecule has 0 spiro atoms. The lowest BCUT2D eigenvalue weighted by Crippen LogP contribution is -2.02. The van der Waals surface area contributed by atoms with Crippen LogP contribution < -0.4 is 0 Å². The Morgan fingerprint density at radius 3 is 2.50 bits per heavy atom. The molecule has 0 atom stereocenters. The number of rotatable bonds is 1. The fourth-order valence-corrected chi connectivity index (χ4v) is 4.46. The first-order valence-corrected chi connectivity index (χ1v) is 7.65. The predicted molar refractivity (Wildman–Crippen MR) is 72.2 cm³/mol. The third-order valence-electron chi connectivity index (χ3n) is 2.79. The van der Waals surface area contributed by atoms with Crippen LogP contribution in [-0.2, 0) is 10.9 Å². The summed E-state index contributed by atoms with van der Waals surface area (Å²) >= 11 is 0. The van der Waals surface area contributed by atoms with Crippen LogP contribution >= 0.6 is 0 Å². The minimum atomic E-state index is 0.472. The molecule has 1 aliphatic heterocycles. The molecule has 2 heterocycles. The Hall–Kier alpha value is -0.890. The summed E-state index contributed by atoms with van der Waals surface area (Å²) in [6, 6.07) is 8.37. The molecule has 16 heavy (non-hydrogen) atoms. The van der Waals surface area contributed by atoms with Gasteiger partial charge in [-0.05, 0) is 25.0 Å². The molecule has 1 aromatic carbocycles. The van der Waals surface area contributed by atoms with E-state index in [1.54, 1.807) is 0 Å². The van der Waals surface area contributed by atoms with Crippen molar-refractivity contribution < 1.29 is 4.42 Å². The van der Waals surface area contributed by atoms with Crippen molar-refractivity contribution in [3.8, 4) is 0 Å². The van der Waals surface area contributed by atoms with Crippen molar-refractivity contribution in [3.05, 3.63) is 30.5 Å². The van der Waals surface area contributed by atoms with Crippen molar-refractivity contribution in [1.82, 2.24) is 0 Å². The lowest BCUT2D eigenvalue weighted by Gasteiger charge is -1.95. The highest BCUT2D eigenvalue weighted by atomic mass is 32.2. The first-order chi connectivity index (χ1) is 7.95. The van der Waals surface area contributed by atoms with Crippen LogP contribution in [-0.4, -0.2) is 11.5 Å². The maximum Gasteiger partial charge on any atom is 0.200 e. The molecular formula is C14H19OS+. The third kappa shape index (κ3) is 2.12. The maximum atomic E-state index is 5.57. The van der Waals surface area contributed by atoms with Gasteiger partial charge < -0.3 is 4.42 Å². The summed E-state index contributed by atoms with van der Waals surface area (Å²) in [6.45, 7) is 4.00. The van der Waals surface area contributed by atoms with Crippen molar-refractivity contribution in [3.63, 3.8) is 0 Å². The number of hydrogen-bond acceptors (Lipinski definition) is 1. The molecule has 1 nitrogen and oxygen atoms in total. The number of fused-ring (bicyclic) bond motifs is 1. The highest BCUT2D eigenvalue weighted by Gasteiger charge is 2.30. The Kier molecular flexibility index (Phi) is 3.94. The van der Waals surface area contributed by atoms with Crippen molar-refractivity contribution >= 4 is 21.9 Å². The van der Waals surface area contributed by atoms with E-state index in [0.29, 0.717) is 10.9 Å². The van der Waals surface area contributed by atoms with Crippen LogP contribution in [0.3, 0.4) is 0 Å². The van der Waals surface area contributed by atoms with Crippen molar-refractivity contribution in [1.29, 1.82) is 0 Å². The fraction of sp³-hybridized carbons (Fsp3) is 0.429. The van der Waals surface area contributed by atoms with Crippen molar-refractivity contribution in [2.45, 2.75) is 31.6 Å². The molecule has 0 saturated carbocycles. The summed E-state index contributed by atoms with van der Waals surface area (Å²) in [5.74, 6) is 2.73. The Morgan fingerprint density at radius 1 is 1.06 bits per heavy atom. The molecule has 0 bridgehead atoms. The SMILES string of the molecule is CC.c1ccc2c([S+]3CCCC3)coc2c1. The van der Waals surface area contributed by atoms with Crippen molar-refractivity contribution in [2.24, 2.45) is 0 Å². The van der Waals surface area contributed by atoms with Crippen LogP contribution in [0.1, 0.15) is 26.7 Å². The zero-order valence-electron chi connectivity index (χ0n) is 10.0. The molecule has 0 radical (unpaired) electrons. The van der Waals surface area contributed by atoms with E-state index in [2.05, 4.69) is 18.2 Å². The quantitative estimate of drug-likeness (QED) is 0.674. The minimum absolute atomic E-state index is 0.472. The monoisotopic (exact) mass is 235 g/mol. The van der Waals surface area contributed by atoms with E-state index in [-0.39, 0.29) is 0 Å². The van der Waals surface area contributed by atoms with Gasteiger partial charge >= 0.3 is 0 Å². The summed E-state index contributed by atoms with van der Waals surface area (Å²) in [5.41, 5.74) is 1.04. The lowest BCUT2D eigenvalue weighted by molar-refractivity contribution is 0.607. The smallest absolute Gasteiger partial charge is 0.200 e. The van der Waals surface area contributed by atoms with Crippen LogP contribution in [0, 0.1) is 0 Å². The number of benzene rings is 1. The summed E-state index contributed by atoms with van der Waals surface area (Å²) in [6.07, 6.45) is 4.75. The van der Waals surface area contributed by atoms with Crippen LogP contribution in [0.2, 0.25) is 0 Å². The van der Waals surface area contributed by atoms with Gasteiger partial charge in [0.25, 0.3) is 0 Å². The van der Waals surface area contributed by atoms with Crippen LogP contribution in [0.15, 0.2) is 39.8 Å². The van der Waals surface area contributed by atoms with Gasteiger partial charge in [-0.2, -0.15) is 0 Å². The summed E-state index contributed by atoms with van der Waals surface area (Å²) < 4.78 is 5.57. The number of furan rings is 1. The van der Waals surface area contributed by atoms with E-state index >= 15 is 0 Å². The molecule has 1 aromatic heterocycles. The lowest BCUT2D eigenvalue weighted by atomic mass is 10.3. The molecule has 2 heteroatoms. The van der Waals surface area contributed by atoms with Crippen LogP contribution in [0.5, 0.6) is 0 Å². The summed E-state index contributed by atoms with van der Waals surface area (Å²) in [7, 11) is 0.472. The number of para-hydroxylation sites is 1. The number of hydrogen-bond donors (Lipinski definition) is 0. The van der Waals surface area contributed by atoms with Gasteiger partial charge in [0.15, 0.2) is 0 Å². The standard InChI is InChI=1S/C12H13OS.C2H6/c1-2-6-11-10(5-1)12(9-13-11)14-7-3-4-8-14;1-2/h1-2,5-6,9H,3-4,7-8H2;1-2H3/q+1;. The Morgan fingerprint density at radius 2 is 1.75 bits per heavy atom. The van der Waals surface area contributed by atoms with E-state index in [9.17, 15) is 0 Å². The Bertz CT molecular complexity index is 441. The van der Waals surface area contributed by atoms with Gasteiger partial charge in [-0.3, -0.25) is 0 Å². The fourth-order valence-electron chi connectivity index (χ4n) is 2.05. The molecule has 86 valence electrons. The van der Waals surface area contributed by atoms with Gasteiger partial charge in [0, 0.05) is 10.9 Å². The van der Waals surface area contributed by atoms with Gasteiger partial charge in [0.05, 0.1) is 5.39 Å². The maximum absolute atomic E-state index is 5.57. The highest BCUT2D eigenvalue weighted by molar-refractivity contribution is 7.97. The van der Waals surface area contributed by atoms with Crippen LogP contribution in [0.25, 0.3) is 11.0 Å². The molecule has 0 N–H and O–H groups in total. The Balaban J connectivity index is 0.000000457. The largest absolute Gasteiger partial charge is 0.459 e. The van der Waals surface area contributed by atoms with E-state index in [1.807, 2.05) is 26.2 Å². The molecule has 1 aliphatic rings. The molecule has 1 fully saturated rings. The summed E-state index contributed by atoms with van der Waals surface area (Å²) in [5, 5.41) is 1.33. The normalized spacial score (nSPS) is 16.1. The second kappa shape index (κ2) is 5.44. The van der Waals surface area contributed by atoms with Gasteiger partial charge in [0.2, 0.25) is 4.90 Å². The summed E-state index contributed by atoms with van der Waals surface area (Å²) in [4.78, 5) is 1.46. The first kappa shape index (κ1) is 11.6. The zero-order valence-corrected chi connectivity index (χ0v) is 10.8. The van der Waals surface area contributed by atoms with E-state index < -0.39 is 0 Å². The second-order valence-corrected chi connectivity index (χ2v) is 5.95. The molecule has 2 aromatic rings. The molecule has 0 unspecified atom stereocenters. The Labute approximate surface area is 100 Å². The first-order valence-electron chi connectivity index (χ1n) is 6.09. The molecule has 0 amide bonds. The molecular weight excluding hydrogens is 216 g/mol.